The van der Waals surface area contributed by atoms with Gasteiger partial charge in [0, 0.05) is 19.8 Å². The number of hydrogen-bond acceptors (Lipinski definition) is 3. The van der Waals surface area contributed by atoms with Crippen molar-refractivity contribution >= 4 is 17.7 Å². The first-order chi connectivity index (χ1) is 9.45. The number of rotatable bonds is 6. The van der Waals surface area contributed by atoms with Crippen LogP contribution in [-0.2, 0) is 4.74 Å². The van der Waals surface area contributed by atoms with E-state index in [9.17, 15) is 9.59 Å². The number of carboxylic acid groups (broad SMARTS) is 1. The number of anilines is 1. The maximum absolute atomic E-state index is 11.9. The summed E-state index contributed by atoms with van der Waals surface area (Å²) in [6.45, 7) is 4.15. The molecule has 1 rings (SSSR count). The predicted molar refractivity (Wildman–Crippen MR) is 76.2 cm³/mol. The summed E-state index contributed by atoms with van der Waals surface area (Å²) < 4.78 is 4.93. The van der Waals surface area contributed by atoms with Crippen molar-refractivity contribution in [2.75, 3.05) is 19.0 Å². The third kappa shape index (κ3) is 4.55. The Morgan fingerprint density at radius 1 is 1.40 bits per heavy atom. The van der Waals surface area contributed by atoms with E-state index in [2.05, 4.69) is 10.6 Å². The highest BCUT2D eigenvalue weighted by molar-refractivity contribution is 6.01. The zero-order valence-electron chi connectivity index (χ0n) is 11.9. The van der Waals surface area contributed by atoms with Gasteiger partial charge < -0.3 is 20.5 Å². The molecule has 0 aliphatic heterocycles. The van der Waals surface area contributed by atoms with Gasteiger partial charge in [0.05, 0.1) is 11.3 Å². The molecule has 2 amide bonds. The lowest BCUT2D eigenvalue weighted by atomic mass is 10.1. The summed E-state index contributed by atoms with van der Waals surface area (Å²) in [4.78, 5) is 23.0. The quantitative estimate of drug-likeness (QED) is 0.745. The molecule has 0 aliphatic rings. The van der Waals surface area contributed by atoms with E-state index in [1.807, 2.05) is 6.92 Å². The maximum atomic E-state index is 11.9. The molecule has 6 heteroatoms. The zero-order chi connectivity index (χ0) is 15.1. The van der Waals surface area contributed by atoms with Gasteiger partial charge in [0.2, 0.25) is 0 Å². The van der Waals surface area contributed by atoms with Crippen LogP contribution >= 0.6 is 0 Å². The van der Waals surface area contributed by atoms with Gasteiger partial charge in [-0.05, 0) is 31.9 Å². The molecule has 1 unspecified atom stereocenters. The highest BCUT2D eigenvalue weighted by atomic mass is 16.5. The number of benzene rings is 1. The smallest absolute Gasteiger partial charge is 0.337 e. The molecule has 0 bridgehead atoms. The SMILES string of the molecule is COCCC(C)NC(=O)Nc1c(C)cccc1C(=O)O. The molecule has 1 aromatic carbocycles. The average Bonchev–Trinajstić information content (AvgIpc) is 2.38. The second kappa shape index (κ2) is 7.49. The van der Waals surface area contributed by atoms with Crippen molar-refractivity contribution in [1.29, 1.82) is 0 Å². The van der Waals surface area contributed by atoms with Gasteiger partial charge in [-0.15, -0.1) is 0 Å². The molecular formula is C14H20N2O4. The highest BCUT2D eigenvalue weighted by Gasteiger charge is 2.15. The number of carbonyl (C=O) groups is 2. The number of hydrogen-bond donors (Lipinski definition) is 3. The molecule has 0 aromatic heterocycles. The van der Waals surface area contributed by atoms with Crippen molar-refractivity contribution in [3.05, 3.63) is 29.3 Å². The van der Waals surface area contributed by atoms with Crippen LogP contribution in [0.4, 0.5) is 10.5 Å². The fourth-order valence-corrected chi connectivity index (χ4v) is 1.75. The van der Waals surface area contributed by atoms with E-state index >= 15 is 0 Å². The third-order valence-corrected chi connectivity index (χ3v) is 2.87. The molecule has 1 aromatic rings. The lowest BCUT2D eigenvalue weighted by Gasteiger charge is -2.16. The van der Waals surface area contributed by atoms with E-state index in [0.29, 0.717) is 24.3 Å². The van der Waals surface area contributed by atoms with Crippen LogP contribution in [0.15, 0.2) is 18.2 Å². The number of aryl methyl sites for hydroxylation is 1. The number of carbonyl (C=O) groups excluding carboxylic acids is 1. The molecule has 6 nitrogen and oxygen atoms in total. The number of amides is 2. The van der Waals surface area contributed by atoms with Crippen LogP contribution in [-0.4, -0.2) is 36.9 Å². The molecule has 0 fully saturated rings. The van der Waals surface area contributed by atoms with Crippen LogP contribution < -0.4 is 10.6 Å². The molecule has 1 atom stereocenters. The minimum Gasteiger partial charge on any atom is -0.478 e. The Morgan fingerprint density at radius 3 is 2.70 bits per heavy atom. The molecule has 20 heavy (non-hydrogen) atoms. The standard InChI is InChI=1S/C14H20N2O4/c1-9-5-4-6-11(13(17)18)12(9)16-14(19)15-10(2)7-8-20-3/h4-6,10H,7-8H2,1-3H3,(H,17,18)(H2,15,16,19). The first kappa shape index (κ1) is 16.0. The predicted octanol–water partition coefficient (Wildman–Crippen LogP) is 2.24. The Morgan fingerprint density at radius 2 is 2.10 bits per heavy atom. The van der Waals surface area contributed by atoms with Crippen LogP contribution in [0.1, 0.15) is 29.3 Å². The van der Waals surface area contributed by atoms with Crippen LogP contribution in [0.2, 0.25) is 0 Å². The van der Waals surface area contributed by atoms with E-state index in [-0.39, 0.29) is 11.6 Å². The Labute approximate surface area is 118 Å². The molecule has 110 valence electrons. The lowest BCUT2D eigenvalue weighted by Crippen LogP contribution is -2.37. The number of carboxylic acids is 1. The summed E-state index contributed by atoms with van der Waals surface area (Å²) in [5.41, 5.74) is 1.09. The normalized spacial score (nSPS) is 11.8. The topological polar surface area (TPSA) is 87.7 Å². The lowest BCUT2D eigenvalue weighted by molar-refractivity contribution is 0.0698. The van der Waals surface area contributed by atoms with Gasteiger partial charge in [0.25, 0.3) is 0 Å². The number of nitrogens with one attached hydrogen (secondary N) is 2. The van der Waals surface area contributed by atoms with Gasteiger partial charge in [-0.1, -0.05) is 12.1 Å². The molecule has 0 spiro atoms. The van der Waals surface area contributed by atoms with Gasteiger partial charge in [-0.2, -0.15) is 0 Å². The number of aromatic carboxylic acids is 1. The number of ether oxygens (including phenoxy) is 1. The second-order valence-electron chi connectivity index (χ2n) is 4.58. The largest absolute Gasteiger partial charge is 0.478 e. The summed E-state index contributed by atoms with van der Waals surface area (Å²) in [5.74, 6) is -1.07. The van der Waals surface area contributed by atoms with Gasteiger partial charge in [0.15, 0.2) is 0 Å². The number of urea groups is 1. The van der Waals surface area contributed by atoms with E-state index in [1.165, 1.54) is 6.07 Å². The maximum Gasteiger partial charge on any atom is 0.337 e. The van der Waals surface area contributed by atoms with E-state index in [4.69, 9.17) is 9.84 Å². The van der Waals surface area contributed by atoms with Crippen LogP contribution in [0.25, 0.3) is 0 Å². The molecule has 0 saturated heterocycles. The van der Waals surface area contributed by atoms with Crippen LogP contribution in [0.5, 0.6) is 0 Å². The molecule has 0 aliphatic carbocycles. The van der Waals surface area contributed by atoms with Gasteiger partial charge >= 0.3 is 12.0 Å². The molecule has 0 radical (unpaired) electrons. The minimum absolute atomic E-state index is 0.0627. The monoisotopic (exact) mass is 280 g/mol. The van der Waals surface area contributed by atoms with E-state index in [0.717, 1.165) is 0 Å². The van der Waals surface area contributed by atoms with Gasteiger partial charge in [-0.3, -0.25) is 0 Å². The average molecular weight is 280 g/mol. The molecule has 3 N–H and O–H groups in total. The summed E-state index contributed by atoms with van der Waals surface area (Å²) in [6.07, 6.45) is 0.684. The minimum atomic E-state index is -1.07. The first-order valence-corrected chi connectivity index (χ1v) is 6.35. The molecule has 0 saturated carbocycles. The van der Waals surface area contributed by atoms with Crippen molar-refractivity contribution in [2.24, 2.45) is 0 Å². The zero-order valence-corrected chi connectivity index (χ0v) is 11.9. The summed E-state index contributed by atoms with van der Waals surface area (Å²) in [5, 5.41) is 14.4. The van der Waals surface area contributed by atoms with Crippen molar-refractivity contribution in [1.82, 2.24) is 5.32 Å². The van der Waals surface area contributed by atoms with Crippen molar-refractivity contribution in [3.8, 4) is 0 Å². The van der Waals surface area contributed by atoms with Gasteiger partial charge in [-0.25, -0.2) is 9.59 Å². The molecule has 0 heterocycles. The Bertz CT molecular complexity index is 488. The first-order valence-electron chi connectivity index (χ1n) is 6.35. The summed E-state index contributed by atoms with van der Waals surface area (Å²) in [7, 11) is 1.60. The Balaban J connectivity index is 2.73. The Hall–Kier alpha value is -2.08. The van der Waals surface area contributed by atoms with Crippen molar-refractivity contribution in [3.63, 3.8) is 0 Å². The van der Waals surface area contributed by atoms with Gasteiger partial charge in [0.1, 0.15) is 0 Å². The fourth-order valence-electron chi connectivity index (χ4n) is 1.75. The summed E-state index contributed by atoms with van der Waals surface area (Å²) >= 11 is 0. The highest BCUT2D eigenvalue weighted by Crippen LogP contribution is 2.20. The van der Waals surface area contributed by atoms with Crippen molar-refractivity contribution in [2.45, 2.75) is 26.3 Å². The second-order valence-corrected chi connectivity index (χ2v) is 4.58. The third-order valence-electron chi connectivity index (χ3n) is 2.87. The summed E-state index contributed by atoms with van der Waals surface area (Å²) in [6, 6.07) is 4.36. The van der Waals surface area contributed by atoms with Crippen LogP contribution in [0.3, 0.4) is 0 Å². The fraction of sp³-hybridized carbons (Fsp3) is 0.429. The number of methoxy groups -OCH3 is 1. The van der Waals surface area contributed by atoms with E-state index in [1.54, 1.807) is 26.2 Å². The Kier molecular flexibility index (Phi) is 5.99. The number of para-hydroxylation sites is 1. The van der Waals surface area contributed by atoms with E-state index < -0.39 is 12.0 Å². The molecular weight excluding hydrogens is 260 g/mol. The van der Waals surface area contributed by atoms with Crippen molar-refractivity contribution < 1.29 is 19.4 Å². The van der Waals surface area contributed by atoms with Crippen LogP contribution in [0, 0.1) is 6.92 Å².